The second kappa shape index (κ2) is 6.01. The van der Waals surface area contributed by atoms with Crippen molar-refractivity contribution in [3.8, 4) is 5.75 Å². The van der Waals surface area contributed by atoms with Crippen LogP contribution in [0.25, 0.3) is 0 Å². The average Bonchev–Trinajstić information content (AvgIpc) is 2.75. The fraction of sp³-hybridized carbons (Fsp3) is 0.385. The molecule has 1 aliphatic rings. The van der Waals surface area contributed by atoms with Gasteiger partial charge in [-0.3, -0.25) is 9.59 Å². The molecule has 1 aromatic rings. The van der Waals surface area contributed by atoms with Crippen molar-refractivity contribution in [3.05, 3.63) is 21.6 Å². The maximum absolute atomic E-state index is 12.1. The van der Waals surface area contributed by atoms with Crippen LogP contribution in [0, 0.1) is 5.92 Å². The lowest BCUT2D eigenvalue weighted by molar-refractivity contribution is -0.123. The fourth-order valence-electron chi connectivity index (χ4n) is 2.17. The highest BCUT2D eigenvalue weighted by Crippen LogP contribution is 2.41. The molecule has 0 saturated carbocycles. The van der Waals surface area contributed by atoms with Gasteiger partial charge in [-0.05, 0) is 35.0 Å². The van der Waals surface area contributed by atoms with E-state index in [0.29, 0.717) is 27.5 Å². The molecule has 1 fully saturated rings. The SMILES string of the molecule is CCOc1c(Br)cc(Cl)cc1N1CC(C(N)=O)CC1=O. The van der Waals surface area contributed by atoms with E-state index < -0.39 is 11.8 Å². The number of hydrogen-bond acceptors (Lipinski definition) is 3. The highest BCUT2D eigenvalue weighted by atomic mass is 79.9. The Balaban J connectivity index is 2.41. The van der Waals surface area contributed by atoms with Gasteiger partial charge in [0, 0.05) is 18.0 Å². The molecule has 20 heavy (non-hydrogen) atoms. The monoisotopic (exact) mass is 360 g/mol. The number of carbonyl (C=O) groups excluding carboxylic acids is 2. The maximum Gasteiger partial charge on any atom is 0.227 e. The molecule has 1 unspecified atom stereocenters. The molecule has 0 spiro atoms. The number of primary amides is 1. The van der Waals surface area contributed by atoms with Crippen molar-refractivity contribution in [2.45, 2.75) is 13.3 Å². The van der Waals surface area contributed by atoms with Crippen LogP contribution in [0.3, 0.4) is 0 Å². The quantitative estimate of drug-likeness (QED) is 0.894. The summed E-state index contributed by atoms with van der Waals surface area (Å²) in [5.41, 5.74) is 5.83. The smallest absolute Gasteiger partial charge is 0.227 e. The van der Waals surface area contributed by atoms with Gasteiger partial charge >= 0.3 is 0 Å². The summed E-state index contributed by atoms with van der Waals surface area (Å²) in [6.07, 6.45) is 0.116. The normalized spacial score (nSPS) is 18.4. The molecule has 1 aliphatic heterocycles. The van der Waals surface area contributed by atoms with Gasteiger partial charge in [-0.1, -0.05) is 11.6 Å². The van der Waals surface area contributed by atoms with Gasteiger partial charge in [-0.15, -0.1) is 0 Å². The van der Waals surface area contributed by atoms with Crippen molar-refractivity contribution < 1.29 is 14.3 Å². The molecule has 1 aromatic carbocycles. The van der Waals surface area contributed by atoms with Crippen molar-refractivity contribution in [3.63, 3.8) is 0 Å². The molecule has 0 aromatic heterocycles. The molecule has 2 N–H and O–H groups in total. The number of halogens is 2. The number of anilines is 1. The van der Waals surface area contributed by atoms with Gasteiger partial charge in [0.2, 0.25) is 11.8 Å². The molecule has 2 rings (SSSR count). The largest absolute Gasteiger partial charge is 0.490 e. The van der Waals surface area contributed by atoms with Crippen molar-refractivity contribution in [2.24, 2.45) is 11.7 Å². The van der Waals surface area contributed by atoms with Crippen LogP contribution < -0.4 is 15.4 Å². The van der Waals surface area contributed by atoms with Gasteiger partial charge in [0.05, 0.1) is 22.7 Å². The molecular weight excluding hydrogens is 348 g/mol. The first-order valence-electron chi connectivity index (χ1n) is 6.15. The summed E-state index contributed by atoms with van der Waals surface area (Å²) in [6.45, 7) is 2.55. The van der Waals surface area contributed by atoms with Crippen LogP contribution in [-0.4, -0.2) is 25.0 Å². The Morgan fingerprint density at radius 3 is 2.85 bits per heavy atom. The Bertz CT molecular complexity index is 565. The molecule has 2 amide bonds. The topological polar surface area (TPSA) is 72.6 Å². The predicted octanol–water partition coefficient (Wildman–Crippen LogP) is 2.34. The standard InChI is InChI=1S/C13H14BrClN2O3/c1-2-20-12-9(14)4-8(15)5-10(12)17-6-7(13(16)19)3-11(17)18/h4-5,7H,2-3,6H2,1H3,(H2,16,19). The van der Waals surface area contributed by atoms with E-state index in [-0.39, 0.29) is 18.9 Å². The summed E-state index contributed by atoms with van der Waals surface area (Å²) in [7, 11) is 0. The third-order valence-corrected chi connectivity index (χ3v) is 3.90. The van der Waals surface area contributed by atoms with E-state index in [1.165, 1.54) is 4.90 Å². The molecule has 0 aliphatic carbocycles. The molecule has 7 heteroatoms. The zero-order chi connectivity index (χ0) is 14.9. The first kappa shape index (κ1) is 15.1. The summed E-state index contributed by atoms with van der Waals surface area (Å²) < 4.78 is 6.23. The van der Waals surface area contributed by atoms with Gasteiger partial charge in [-0.2, -0.15) is 0 Å². The first-order valence-corrected chi connectivity index (χ1v) is 7.32. The van der Waals surface area contributed by atoms with E-state index in [1.54, 1.807) is 12.1 Å². The number of rotatable bonds is 4. The van der Waals surface area contributed by atoms with Crippen LogP contribution >= 0.6 is 27.5 Å². The van der Waals surface area contributed by atoms with Crippen molar-refractivity contribution >= 4 is 45.0 Å². The number of ether oxygens (including phenoxy) is 1. The Morgan fingerprint density at radius 1 is 1.60 bits per heavy atom. The molecule has 1 heterocycles. The van der Waals surface area contributed by atoms with Crippen LogP contribution in [0.1, 0.15) is 13.3 Å². The summed E-state index contributed by atoms with van der Waals surface area (Å²) in [5.74, 6) is -0.575. The first-order chi connectivity index (χ1) is 9.43. The fourth-order valence-corrected chi connectivity index (χ4v) is 3.07. The number of hydrogen-bond donors (Lipinski definition) is 1. The Morgan fingerprint density at radius 2 is 2.30 bits per heavy atom. The Kier molecular flexibility index (Phi) is 4.55. The van der Waals surface area contributed by atoms with Gasteiger partial charge in [0.25, 0.3) is 0 Å². The average molecular weight is 362 g/mol. The minimum absolute atomic E-state index is 0.116. The Hall–Kier alpha value is -1.27. The second-order valence-corrected chi connectivity index (χ2v) is 5.77. The third kappa shape index (κ3) is 2.91. The third-order valence-electron chi connectivity index (χ3n) is 3.10. The van der Waals surface area contributed by atoms with Crippen molar-refractivity contribution in [1.82, 2.24) is 0 Å². The predicted molar refractivity (Wildman–Crippen MR) is 80.0 cm³/mol. The van der Waals surface area contributed by atoms with E-state index in [0.717, 1.165) is 0 Å². The minimum Gasteiger partial charge on any atom is -0.490 e. The lowest BCUT2D eigenvalue weighted by Gasteiger charge is -2.21. The molecule has 0 bridgehead atoms. The summed E-state index contributed by atoms with van der Waals surface area (Å²) >= 11 is 9.40. The molecule has 5 nitrogen and oxygen atoms in total. The van der Waals surface area contributed by atoms with Crippen LogP contribution in [0.2, 0.25) is 5.02 Å². The summed E-state index contributed by atoms with van der Waals surface area (Å²) in [4.78, 5) is 24.8. The van der Waals surface area contributed by atoms with E-state index in [9.17, 15) is 9.59 Å². The molecule has 1 saturated heterocycles. The van der Waals surface area contributed by atoms with Gasteiger partial charge in [-0.25, -0.2) is 0 Å². The number of nitrogens with two attached hydrogens (primary N) is 1. The lowest BCUT2D eigenvalue weighted by atomic mass is 10.1. The van der Waals surface area contributed by atoms with E-state index in [2.05, 4.69) is 15.9 Å². The number of benzene rings is 1. The van der Waals surface area contributed by atoms with Gasteiger partial charge in [0.15, 0.2) is 5.75 Å². The maximum atomic E-state index is 12.1. The zero-order valence-corrected chi connectivity index (χ0v) is 13.2. The number of amides is 2. The van der Waals surface area contributed by atoms with E-state index in [1.807, 2.05) is 6.92 Å². The summed E-state index contributed by atoms with van der Waals surface area (Å²) in [5, 5.41) is 0.477. The molecule has 108 valence electrons. The van der Waals surface area contributed by atoms with Crippen molar-refractivity contribution in [1.29, 1.82) is 0 Å². The Labute approximate surface area is 130 Å². The lowest BCUT2D eigenvalue weighted by Crippen LogP contribution is -2.28. The second-order valence-electron chi connectivity index (χ2n) is 4.48. The van der Waals surface area contributed by atoms with Gasteiger partial charge < -0.3 is 15.4 Å². The minimum atomic E-state index is -0.477. The highest BCUT2D eigenvalue weighted by Gasteiger charge is 2.35. The van der Waals surface area contributed by atoms with Gasteiger partial charge in [0.1, 0.15) is 0 Å². The van der Waals surface area contributed by atoms with Crippen LogP contribution in [0.5, 0.6) is 5.75 Å². The molecule has 1 atom stereocenters. The zero-order valence-electron chi connectivity index (χ0n) is 10.9. The van der Waals surface area contributed by atoms with Crippen LogP contribution in [0.15, 0.2) is 16.6 Å². The van der Waals surface area contributed by atoms with Crippen molar-refractivity contribution in [2.75, 3.05) is 18.1 Å². The van der Waals surface area contributed by atoms with E-state index in [4.69, 9.17) is 22.1 Å². The molecule has 0 radical (unpaired) electrons. The van der Waals surface area contributed by atoms with Crippen LogP contribution in [0.4, 0.5) is 5.69 Å². The van der Waals surface area contributed by atoms with E-state index >= 15 is 0 Å². The number of carbonyl (C=O) groups is 2. The summed E-state index contributed by atoms with van der Waals surface area (Å²) in [6, 6.07) is 3.35. The highest BCUT2D eigenvalue weighted by molar-refractivity contribution is 9.10. The molecular formula is C13H14BrClN2O3. The van der Waals surface area contributed by atoms with Crippen LogP contribution in [-0.2, 0) is 9.59 Å². The number of nitrogens with zero attached hydrogens (tertiary/aromatic N) is 1.